The van der Waals surface area contributed by atoms with Crippen LogP contribution in [0.15, 0.2) is 24.3 Å². The summed E-state index contributed by atoms with van der Waals surface area (Å²) in [6.45, 7) is 3.98. The van der Waals surface area contributed by atoms with Gasteiger partial charge in [-0.15, -0.1) is 0 Å². The molecule has 0 N–H and O–H groups in total. The Morgan fingerprint density at radius 3 is 2.58 bits per heavy atom. The van der Waals surface area contributed by atoms with Crippen LogP contribution in [-0.4, -0.2) is 12.6 Å². The second-order valence-corrected chi connectivity index (χ2v) is 2.39. The fourth-order valence-electron chi connectivity index (χ4n) is 0.660. The zero-order valence-electron chi connectivity index (χ0n) is 7.75. The molecular formula is C10H16O2. The van der Waals surface area contributed by atoms with E-state index in [2.05, 4.69) is 13.0 Å². The van der Waals surface area contributed by atoms with Crippen LogP contribution in [0.4, 0.5) is 0 Å². The second-order valence-electron chi connectivity index (χ2n) is 2.39. The van der Waals surface area contributed by atoms with E-state index in [-0.39, 0.29) is 5.97 Å². The molecule has 2 nitrogen and oxygen atoms in total. The first-order valence-electron chi connectivity index (χ1n) is 4.22. The van der Waals surface area contributed by atoms with Crippen molar-refractivity contribution in [3.63, 3.8) is 0 Å². The highest BCUT2D eigenvalue weighted by Gasteiger charge is 1.87. The van der Waals surface area contributed by atoms with Crippen LogP contribution in [0.25, 0.3) is 0 Å². The van der Waals surface area contributed by atoms with E-state index in [1.54, 1.807) is 0 Å². The molecule has 0 radical (unpaired) electrons. The first kappa shape index (κ1) is 11.0. The summed E-state index contributed by atoms with van der Waals surface area (Å²) in [6.07, 6.45) is 9.85. The number of hydrogen-bond donors (Lipinski definition) is 0. The fraction of sp³-hybridized carbons (Fsp3) is 0.500. The lowest BCUT2D eigenvalue weighted by Gasteiger charge is -1.95. The van der Waals surface area contributed by atoms with E-state index in [9.17, 15) is 4.79 Å². The molecule has 0 aromatic carbocycles. The molecule has 0 aliphatic heterocycles. The molecule has 0 aliphatic carbocycles. The second kappa shape index (κ2) is 8.05. The molecule has 68 valence electrons. The van der Waals surface area contributed by atoms with Crippen LogP contribution in [0.5, 0.6) is 0 Å². The third-order valence-electron chi connectivity index (χ3n) is 1.21. The predicted molar refractivity (Wildman–Crippen MR) is 49.8 cm³/mol. The van der Waals surface area contributed by atoms with Crippen LogP contribution in [-0.2, 0) is 9.53 Å². The lowest BCUT2D eigenvalue weighted by molar-refractivity contribution is -0.140. The Labute approximate surface area is 73.9 Å². The molecule has 0 rings (SSSR count). The highest BCUT2D eigenvalue weighted by atomic mass is 16.5. The molecule has 0 aliphatic rings. The fourth-order valence-corrected chi connectivity index (χ4v) is 0.660. The van der Waals surface area contributed by atoms with Crippen molar-refractivity contribution in [1.29, 1.82) is 0 Å². The molecule has 0 fully saturated rings. The van der Waals surface area contributed by atoms with Crippen molar-refractivity contribution in [3.05, 3.63) is 24.3 Å². The third kappa shape index (κ3) is 8.95. The Balaban J connectivity index is 3.24. The zero-order valence-corrected chi connectivity index (χ0v) is 7.75. The summed E-state index contributed by atoms with van der Waals surface area (Å²) in [6, 6.07) is 0. The highest BCUT2D eigenvalue weighted by molar-refractivity contribution is 5.65. The lowest BCUT2D eigenvalue weighted by Crippen LogP contribution is -1.98. The SMILES string of the molecule is CC/C=C\C=C\CCOC(C)=O. The minimum absolute atomic E-state index is 0.215. The predicted octanol–water partition coefficient (Wildman–Crippen LogP) is 2.46. The Morgan fingerprint density at radius 1 is 1.33 bits per heavy atom. The standard InChI is InChI=1S/C10H16O2/c1-3-4-5-6-7-8-9-12-10(2)11/h4-7H,3,8-9H2,1-2H3/b5-4-,7-6+. The first-order valence-corrected chi connectivity index (χ1v) is 4.22. The van der Waals surface area contributed by atoms with Gasteiger partial charge in [0.1, 0.15) is 0 Å². The number of carbonyl (C=O) groups excluding carboxylic acids is 1. The van der Waals surface area contributed by atoms with E-state index < -0.39 is 0 Å². The molecule has 0 saturated heterocycles. The van der Waals surface area contributed by atoms with Crippen molar-refractivity contribution < 1.29 is 9.53 Å². The highest BCUT2D eigenvalue weighted by Crippen LogP contribution is 1.88. The van der Waals surface area contributed by atoms with E-state index in [0.717, 1.165) is 12.8 Å². The molecule has 0 heterocycles. The smallest absolute Gasteiger partial charge is 0.302 e. The topological polar surface area (TPSA) is 26.3 Å². The minimum Gasteiger partial charge on any atom is -0.466 e. The van der Waals surface area contributed by atoms with Gasteiger partial charge in [0.2, 0.25) is 0 Å². The van der Waals surface area contributed by atoms with Crippen LogP contribution in [0, 0.1) is 0 Å². The summed E-state index contributed by atoms with van der Waals surface area (Å²) in [5, 5.41) is 0. The van der Waals surface area contributed by atoms with Gasteiger partial charge in [0.25, 0.3) is 0 Å². The Morgan fingerprint density at radius 2 is 2.00 bits per heavy atom. The Hall–Kier alpha value is -1.05. The van der Waals surface area contributed by atoms with Crippen molar-refractivity contribution in [2.75, 3.05) is 6.61 Å². The van der Waals surface area contributed by atoms with Gasteiger partial charge >= 0.3 is 5.97 Å². The van der Waals surface area contributed by atoms with Gasteiger partial charge in [0, 0.05) is 6.92 Å². The van der Waals surface area contributed by atoms with Gasteiger partial charge in [-0.1, -0.05) is 31.2 Å². The maximum atomic E-state index is 10.3. The summed E-state index contributed by atoms with van der Waals surface area (Å²) in [5.74, 6) is -0.215. The molecule has 0 unspecified atom stereocenters. The molecule has 12 heavy (non-hydrogen) atoms. The average molecular weight is 168 g/mol. The summed E-state index contributed by atoms with van der Waals surface area (Å²) < 4.78 is 4.73. The number of carbonyl (C=O) groups is 1. The van der Waals surface area contributed by atoms with Crippen LogP contribution >= 0.6 is 0 Å². The molecule has 0 saturated carbocycles. The van der Waals surface area contributed by atoms with Gasteiger partial charge in [-0.25, -0.2) is 0 Å². The van der Waals surface area contributed by atoms with Gasteiger partial charge in [-0.05, 0) is 12.8 Å². The van der Waals surface area contributed by atoms with Crippen LogP contribution in [0.3, 0.4) is 0 Å². The average Bonchev–Trinajstić information content (AvgIpc) is 2.02. The monoisotopic (exact) mass is 168 g/mol. The van der Waals surface area contributed by atoms with E-state index >= 15 is 0 Å². The number of allylic oxidation sites excluding steroid dienone is 3. The summed E-state index contributed by atoms with van der Waals surface area (Å²) in [4.78, 5) is 10.3. The quantitative estimate of drug-likeness (QED) is 0.358. The van der Waals surface area contributed by atoms with Gasteiger partial charge in [-0.2, -0.15) is 0 Å². The number of rotatable bonds is 5. The lowest BCUT2D eigenvalue weighted by atomic mass is 10.3. The van der Waals surface area contributed by atoms with Crippen molar-refractivity contribution in [3.8, 4) is 0 Å². The van der Waals surface area contributed by atoms with E-state index in [1.165, 1.54) is 6.92 Å². The van der Waals surface area contributed by atoms with Gasteiger partial charge in [0.15, 0.2) is 0 Å². The zero-order chi connectivity index (χ0) is 9.23. The summed E-state index contributed by atoms with van der Waals surface area (Å²) in [7, 11) is 0. The molecule has 0 atom stereocenters. The Bertz CT molecular complexity index is 169. The first-order chi connectivity index (χ1) is 5.77. The van der Waals surface area contributed by atoms with E-state index in [1.807, 2.05) is 18.2 Å². The molecular weight excluding hydrogens is 152 g/mol. The van der Waals surface area contributed by atoms with Crippen molar-refractivity contribution >= 4 is 5.97 Å². The molecule has 0 spiro atoms. The molecule has 0 aromatic rings. The maximum Gasteiger partial charge on any atom is 0.302 e. The van der Waals surface area contributed by atoms with Crippen molar-refractivity contribution in [1.82, 2.24) is 0 Å². The van der Waals surface area contributed by atoms with Gasteiger partial charge in [-0.3, -0.25) is 4.79 Å². The van der Waals surface area contributed by atoms with Crippen molar-refractivity contribution in [2.45, 2.75) is 26.7 Å². The van der Waals surface area contributed by atoms with Gasteiger partial charge < -0.3 is 4.74 Å². The van der Waals surface area contributed by atoms with Gasteiger partial charge in [0.05, 0.1) is 6.61 Å². The molecule has 2 heteroatoms. The van der Waals surface area contributed by atoms with Crippen molar-refractivity contribution in [2.24, 2.45) is 0 Å². The normalized spacial score (nSPS) is 11.2. The maximum absolute atomic E-state index is 10.3. The molecule has 0 aromatic heterocycles. The van der Waals surface area contributed by atoms with E-state index in [4.69, 9.17) is 4.74 Å². The minimum atomic E-state index is -0.215. The summed E-state index contributed by atoms with van der Waals surface area (Å²) >= 11 is 0. The third-order valence-corrected chi connectivity index (χ3v) is 1.21. The number of ether oxygens (including phenoxy) is 1. The largest absolute Gasteiger partial charge is 0.466 e. The van der Waals surface area contributed by atoms with Crippen LogP contribution in [0.1, 0.15) is 26.7 Å². The summed E-state index contributed by atoms with van der Waals surface area (Å²) in [5.41, 5.74) is 0. The van der Waals surface area contributed by atoms with Crippen LogP contribution in [0.2, 0.25) is 0 Å². The Kier molecular flexibility index (Phi) is 7.35. The molecule has 0 bridgehead atoms. The molecule has 0 amide bonds. The number of esters is 1. The van der Waals surface area contributed by atoms with E-state index in [0.29, 0.717) is 6.61 Å². The number of hydrogen-bond acceptors (Lipinski definition) is 2. The van der Waals surface area contributed by atoms with Crippen LogP contribution < -0.4 is 0 Å².